The highest BCUT2D eigenvalue weighted by atomic mass is 19.1. The van der Waals surface area contributed by atoms with Crippen molar-refractivity contribution in [1.29, 1.82) is 0 Å². The molecular weight excluding hydrogens is 407 g/mol. The third kappa shape index (κ3) is 3.72. The first-order chi connectivity index (χ1) is 15.4. The summed E-state index contributed by atoms with van der Waals surface area (Å²) in [4.78, 5) is 25.7. The Hall–Kier alpha value is -3.00. The molecule has 1 amide bonds. The predicted molar refractivity (Wildman–Crippen MR) is 122 cm³/mol. The van der Waals surface area contributed by atoms with Gasteiger partial charge in [0.2, 0.25) is 5.91 Å². The van der Waals surface area contributed by atoms with E-state index in [4.69, 9.17) is 9.97 Å². The van der Waals surface area contributed by atoms with Crippen molar-refractivity contribution in [2.24, 2.45) is 7.05 Å². The van der Waals surface area contributed by atoms with Crippen LogP contribution in [0.25, 0.3) is 10.9 Å². The van der Waals surface area contributed by atoms with Crippen LogP contribution >= 0.6 is 0 Å². The minimum atomic E-state index is -0.206. The van der Waals surface area contributed by atoms with Gasteiger partial charge in [-0.15, -0.1) is 0 Å². The van der Waals surface area contributed by atoms with E-state index in [-0.39, 0.29) is 17.6 Å². The number of hydrogen-bond donors (Lipinski definition) is 1. The first-order valence-electron chi connectivity index (χ1n) is 11.2. The van der Waals surface area contributed by atoms with Crippen molar-refractivity contribution < 1.29 is 9.18 Å². The Morgan fingerprint density at radius 3 is 2.88 bits per heavy atom. The number of amides is 1. The maximum atomic E-state index is 13.9. The minimum absolute atomic E-state index is 0.114. The Labute approximate surface area is 187 Å². The number of nitrogens with zero attached hydrogens (tertiary/aromatic N) is 5. The molecule has 32 heavy (non-hydrogen) atoms. The molecule has 0 radical (unpaired) electrons. The Balaban J connectivity index is 1.38. The lowest BCUT2D eigenvalue weighted by Gasteiger charge is -2.29. The van der Waals surface area contributed by atoms with Crippen molar-refractivity contribution in [2.75, 3.05) is 32.0 Å². The Bertz CT molecular complexity index is 1170. The van der Waals surface area contributed by atoms with Crippen LogP contribution < -0.4 is 5.32 Å². The highest BCUT2D eigenvalue weighted by Gasteiger charge is 2.30. The molecule has 0 spiro atoms. The lowest BCUT2D eigenvalue weighted by molar-refractivity contribution is -0.127. The van der Waals surface area contributed by atoms with Crippen molar-refractivity contribution in [3.05, 3.63) is 52.9 Å². The quantitative estimate of drug-likeness (QED) is 0.681. The van der Waals surface area contributed by atoms with Crippen LogP contribution in [-0.4, -0.2) is 56.9 Å². The number of aromatic nitrogens is 3. The van der Waals surface area contributed by atoms with E-state index in [9.17, 15) is 9.18 Å². The van der Waals surface area contributed by atoms with Crippen molar-refractivity contribution >= 4 is 22.6 Å². The highest BCUT2D eigenvalue weighted by Crippen LogP contribution is 2.31. The zero-order chi connectivity index (χ0) is 22.4. The molecule has 0 aliphatic carbocycles. The third-order valence-corrected chi connectivity index (χ3v) is 6.82. The summed E-state index contributed by atoms with van der Waals surface area (Å²) in [6, 6.07) is 4.98. The molecule has 0 bridgehead atoms. The van der Waals surface area contributed by atoms with Crippen molar-refractivity contribution in [1.82, 2.24) is 24.3 Å². The van der Waals surface area contributed by atoms with Gasteiger partial charge in [-0.1, -0.05) is 0 Å². The molecule has 0 unspecified atom stereocenters. The molecule has 0 saturated carbocycles. The molecule has 2 aliphatic rings. The molecule has 8 heteroatoms. The zero-order valence-electron chi connectivity index (χ0n) is 18.9. The van der Waals surface area contributed by atoms with Crippen LogP contribution in [0.5, 0.6) is 0 Å². The van der Waals surface area contributed by atoms with Gasteiger partial charge in [0, 0.05) is 88.7 Å². The van der Waals surface area contributed by atoms with Crippen LogP contribution in [0.15, 0.2) is 24.4 Å². The number of fused-ring (bicyclic) bond motifs is 2. The number of nitrogens with one attached hydrogen (secondary N) is 1. The number of benzene rings is 1. The molecule has 1 aromatic carbocycles. The van der Waals surface area contributed by atoms with Gasteiger partial charge in [-0.25, -0.2) is 14.4 Å². The smallest absolute Gasteiger partial charge is 0.219 e. The molecule has 2 aliphatic heterocycles. The second-order valence-electron chi connectivity index (χ2n) is 8.94. The normalized spacial score (nSPS) is 18.9. The van der Waals surface area contributed by atoms with E-state index in [0.29, 0.717) is 6.54 Å². The molecule has 1 N–H and O–H groups in total. The first-order valence-corrected chi connectivity index (χ1v) is 11.2. The summed E-state index contributed by atoms with van der Waals surface area (Å²) in [6.45, 7) is 5.48. The fourth-order valence-corrected chi connectivity index (χ4v) is 5.08. The predicted octanol–water partition coefficient (Wildman–Crippen LogP) is 3.04. The van der Waals surface area contributed by atoms with Gasteiger partial charge in [0.1, 0.15) is 17.5 Å². The number of carbonyl (C=O) groups excluding carboxylic acids is 1. The molecule has 1 saturated heterocycles. The fourth-order valence-electron chi connectivity index (χ4n) is 5.08. The van der Waals surface area contributed by atoms with E-state index in [2.05, 4.69) is 21.0 Å². The lowest BCUT2D eigenvalue weighted by atomic mass is 10.0. The summed E-state index contributed by atoms with van der Waals surface area (Å²) >= 11 is 0. The molecular formula is C24H29FN6O. The maximum absolute atomic E-state index is 13.9. The zero-order valence-corrected chi connectivity index (χ0v) is 18.9. The van der Waals surface area contributed by atoms with Gasteiger partial charge in [0.15, 0.2) is 0 Å². The summed E-state index contributed by atoms with van der Waals surface area (Å²) < 4.78 is 15.9. The largest absolute Gasteiger partial charge is 0.373 e. The van der Waals surface area contributed by atoms with Gasteiger partial charge in [-0.05, 0) is 30.2 Å². The van der Waals surface area contributed by atoms with Crippen molar-refractivity contribution in [3.8, 4) is 0 Å². The van der Waals surface area contributed by atoms with Gasteiger partial charge in [-0.3, -0.25) is 9.69 Å². The summed E-state index contributed by atoms with van der Waals surface area (Å²) in [7, 11) is 3.90. The molecule has 168 valence electrons. The van der Waals surface area contributed by atoms with Crippen LogP contribution in [0.2, 0.25) is 0 Å². The summed E-state index contributed by atoms with van der Waals surface area (Å²) in [5.74, 6) is 1.82. The number of anilines is 1. The van der Waals surface area contributed by atoms with E-state index < -0.39 is 0 Å². The SMILES string of the molecule is CNc1nc([C@@H]2CCN(C(C)=O)C2)nc2c1CN(Cc1cn(C)c3ccc(F)cc13)CC2. The minimum Gasteiger partial charge on any atom is -0.373 e. The summed E-state index contributed by atoms with van der Waals surface area (Å²) in [5.41, 5.74) is 4.40. The van der Waals surface area contributed by atoms with Gasteiger partial charge in [-0.2, -0.15) is 0 Å². The van der Waals surface area contributed by atoms with E-state index in [1.807, 2.05) is 25.1 Å². The van der Waals surface area contributed by atoms with Gasteiger partial charge in [0.25, 0.3) is 0 Å². The average molecular weight is 437 g/mol. The monoisotopic (exact) mass is 436 g/mol. The number of halogens is 1. The molecule has 1 atom stereocenters. The average Bonchev–Trinajstić information content (AvgIpc) is 3.39. The van der Waals surface area contributed by atoms with Gasteiger partial charge < -0.3 is 14.8 Å². The lowest BCUT2D eigenvalue weighted by Crippen LogP contribution is -2.32. The van der Waals surface area contributed by atoms with E-state index in [1.54, 1.807) is 13.0 Å². The second-order valence-corrected chi connectivity index (χ2v) is 8.94. The number of hydrogen-bond acceptors (Lipinski definition) is 5. The molecule has 4 heterocycles. The van der Waals surface area contributed by atoms with E-state index in [1.165, 1.54) is 6.07 Å². The highest BCUT2D eigenvalue weighted by molar-refractivity contribution is 5.84. The van der Waals surface area contributed by atoms with Crippen molar-refractivity contribution in [2.45, 2.75) is 38.8 Å². The molecule has 5 rings (SSSR count). The molecule has 7 nitrogen and oxygen atoms in total. The second kappa shape index (κ2) is 8.16. The van der Waals surface area contributed by atoms with Gasteiger partial charge in [0.05, 0.1) is 5.69 Å². The molecule has 2 aromatic heterocycles. The first kappa shape index (κ1) is 20.9. The summed E-state index contributed by atoms with van der Waals surface area (Å²) in [5, 5.41) is 4.23. The van der Waals surface area contributed by atoms with Crippen LogP contribution in [0.1, 0.15) is 41.9 Å². The molecule has 1 fully saturated rings. The van der Waals surface area contributed by atoms with Gasteiger partial charge >= 0.3 is 0 Å². The Morgan fingerprint density at radius 1 is 1.28 bits per heavy atom. The Kier molecular flexibility index (Phi) is 5.33. The summed E-state index contributed by atoms with van der Waals surface area (Å²) in [6.07, 6.45) is 3.85. The number of likely N-dealkylation sites (tertiary alicyclic amines) is 1. The Morgan fingerprint density at radius 2 is 2.12 bits per heavy atom. The number of rotatable bonds is 4. The van der Waals surface area contributed by atoms with E-state index in [0.717, 1.165) is 78.4 Å². The van der Waals surface area contributed by atoms with Crippen molar-refractivity contribution in [3.63, 3.8) is 0 Å². The maximum Gasteiger partial charge on any atom is 0.219 e. The topological polar surface area (TPSA) is 66.3 Å². The standard InChI is InChI=1S/C24H29FN6O/c1-15(32)31-9-6-16(13-31)23-27-21-7-8-30(14-20(21)24(26-2)28-23)12-17-11-29(3)22-5-4-18(25)10-19(17)22/h4-5,10-11,16H,6-9,12-14H2,1-3H3,(H,26,27,28)/t16-/m1/s1. The molecule has 3 aromatic rings. The van der Waals surface area contributed by atoms with Crippen LogP contribution in [-0.2, 0) is 31.4 Å². The fraction of sp³-hybridized carbons (Fsp3) is 0.458. The van der Waals surface area contributed by atoms with Crippen LogP contribution in [0.4, 0.5) is 10.2 Å². The number of carbonyl (C=O) groups is 1. The van der Waals surface area contributed by atoms with E-state index >= 15 is 0 Å². The van der Waals surface area contributed by atoms with Crippen LogP contribution in [0, 0.1) is 5.82 Å². The van der Waals surface area contributed by atoms with Crippen LogP contribution in [0.3, 0.4) is 0 Å². The third-order valence-electron chi connectivity index (χ3n) is 6.82. The number of aryl methyl sites for hydroxylation is 1.